The van der Waals surface area contributed by atoms with Crippen molar-refractivity contribution in [2.24, 2.45) is 0 Å². The summed E-state index contributed by atoms with van der Waals surface area (Å²) in [5.41, 5.74) is 0.484. The highest BCUT2D eigenvalue weighted by Gasteiger charge is 2.14. The number of benzene rings is 1. The van der Waals surface area contributed by atoms with E-state index in [1.54, 1.807) is 19.2 Å². The second-order valence-corrected chi connectivity index (χ2v) is 4.03. The molecule has 0 saturated carbocycles. The van der Waals surface area contributed by atoms with Crippen molar-refractivity contribution in [3.8, 4) is 5.75 Å². The van der Waals surface area contributed by atoms with Crippen LogP contribution in [-0.4, -0.2) is 45.5 Å². The van der Waals surface area contributed by atoms with Crippen LogP contribution in [-0.2, 0) is 9.47 Å². The van der Waals surface area contributed by atoms with E-state index in [-0.39, 0.29) is 5.69 Å². The molecule has 0 fully saturated rings. The molecule has 0 heterocycles. The Morgan fingerprint density at radius 3 is 2.70 bits per heavy atom. The number of nitro groups is 1. The summed E-state index contributed by atoms with van der Waals surface area (Å²) in [7, 11) is 3.09. The molecule has 0 spiro atoms. The van der Waals surface area contributed by atoms with Gasteiger partial charge in [0.05, 0.1) is 31.3 Å². The van der Waals surface area contributed by atoms with Gasteiger partial charge < -0.3 is 19.5 Å². The zero-order valence-corrected chi connectivity index (χ0v) is 11.8. The van der Waals surface area contributed by atoms with Crippen LogP contribution in [0.25, 0.3) is 0 Å². The molecule has 7 heteroatoms. The minimum Gasteiger partial charge on any atom is -0.496 e. The van der Waals surface area contributed by atoms with Crippen LogP contribution in [0.3, 0.4) is 0 Å². The van der Waals surface area contributed by atoms with Crippen molar-refractivity contribution < 1.29 is 19.1 Å². The van der Waals surface area contributed by atoms with Crippen molar-refractivity contribution in [3.63, 3.8) is 0 Å². The van der Waals surface area contributed by atoms with Gasteiger partial charge in [-0.1, -0.05) is 0 Å². The first-order valence-corrected chi connectivity index (χ1v) is 6.32. The van der Waals surface area contributed by atoms with Crippen LogP contribution in [0.15, 0.2) is 18.2 Å². The first-order chi connectivity index (χ1) is 9.69. The third-order valence-electron chi connectivity index (χ3n) is 2.61. The number of ether oxygens (including phenoxy) is 3. The standard InChI is InChI=1S/C13H20N2O5/c1-18-8-9-20-7-3-6-14-12-5-4-11(19-2)10-13(12)15(16)17/h4-5,10,14H,3,6-9H2,1-2H3. The largest absolute Gasteiger partial charge is 0.496 e. The molecule has 0 radical (unpaired) electrons. The molecule has 1 aromatic carbocycles. The Bertz CT molecular complexity index is 425. The number of anilines is 1. The number of methoxy groups -OCH3 is 2. The third kappa shape index (κ3) is 5.41. The van der Waals surface area contributed by atoms with E-state index in [0.29, 0.717) is 37.8 Å². The van der Waals surface area contributed by atoms with Gasteiger partial charge in [0.15, 0.2) is 0 Å². The molecule has 0 aromatic heterocycles. The highest BCUT2D eigenvalue weighted by atomic mass is 16.6. The van der Waals surface area contributed by atoms with Gasteiger partial charge in [0.25, 0.3) is 5.69 Å². The van der Waals surface area contributed by atoms with E-state index in [4.69, 9.17) is 14.2 Å². The van der Waals surface area contributed by atoms with Crippen LogP contribution < -0.4 is 10.1 Å². The average molecular weight is 284 g/mol. The number of rotatable bonds is 10. The monoisotopic (exact) mass is 284 g/mol. The molecule has 1 N–H and O–H groups in total. The maximum absolute atomic E-state index is 11.0. The summed E-state index contributed by atoms with van der Waals surface area (Å²) in [4.78, 5) is 10.5. The van der Waals surface area contributed by atoms with Crippen molar-refractivity contribution in [1.29, 1.82) is 0 Å². The van der Waals surface area contributed by atoms with Gasteiger partial charge in [-0.15, -0.1) is 0 Å². The first kappa shape index (κ1) is 16.2. The van der Waals surface area contributed by atoms with Crippen LogP contribution in [0.1, 0.15) is 6.42 Å². The van der Waals surface area contributed by atoms with E-state index >= 15 is 0 Å². The maximum atomic E-state index is 11.0. The molecule has 7 nitrogen and oxygen atoms in total. The molecule has 0 unspecified atom stereocenters. The molecule has 0 saturated heterocycles. The Kier molecular flexibility index (Phi) is 7.38. The molecule has 0 bridgehead atoms. The molecule has 0 aliphatic rings. The summed E-state index contributed by atoms with van der Waals surface area (Å²) in [6.45, 7) is 2.30. The van der Waals surface area contributed by atoms with Gasteiger partial charge in [-0.25, -0.2) is 0 Å². The lowest BCUT2D eigenvalue weighted by Gasteiger charge is -2.08. The molecule has 0 aliphatic heterocycles. The normalized spacial score (nSPS) is 10.3. The number of hydrogen-bond donors (Lipinski definition) is 1. The molecule has 1 rings (SSSR count). The van der Waals surface area contributed by atoms with Gasteiger partial charge in [0.1, 0.15) is 11.4 Å². The molecular formula is C13H20N2O5. The van der Waals surface area contributed by atoms with Crippen LogP contribution in [0.5, 0.6) is 5.75 Å². The second kappa shape index (κ2) is 9.11. The Hall–Kier alpha value is -1.86. The maximum Gasteiger partial charge on any atom is 0.296 e. The van der Waals surface area contributed by atoms with Crippen LogP contribution in [0, 0.1) is 10.1 Å². The zero-order chi connectivity index (χ0) is 14.8. The highest BCUT2D eigenvalue weighted by molar-refractivity contribution is 5.63. The molecule has 0 atom stereocenters. The number of nitrogens with one attached hydrogen (secondary N) is 1. The van der Waals surface area contributed by atoms with E-state index in [0.717, 1.165) is 6.42 Å². The van der Waals surface area contributed by atoms with Gasteiger partial charge in [-0.2, -0.15) is 0 Å². The van der Waals surface area contributed by atoms with Crippen LogP contribution >= 0.6 is 0 Å². The average Bonchev–Trinajstić information content (AvgIpc) is 2.46. The van der Waals surface area contributed by atoms with Crippen molar-refractivity contribution in [2.75, 3.05) is 45.9 Å². The van der Waals surface area contributed by atoms with Gasteiger partial charge in [0.2, 0.25) is 0 Å². The van der Waals surface area contributed by atoms with Gasteiger partial charge >= 0.3 is 0 Å². The predicted molar refractivity (Wildman–Crippen MR) is 75.5 cm³/mol. The summed E-state index contributed by atoms with van der Waals surface area (Å²) in [6, 6.07) is 4.73. The number of hydrogen-bond acceptors (Lipinski definition) is 6. The van der Waals surface area contributed by atoms with Gasteiger partial charge in [0, 0.05) is 20.3 Å². The quantitative estimate of drug-likeness (QED) is 0.402. The summed E-state index contributed by atoms with van der Waals surface area (Å²) < 4.78 is 15.1. The summed E-state index contributed by atoms with van der Waals surface area (Å²) in [6.07, 6.45) is 0.757. The van der Waals surface area contributed by atoms with Crippen molar-refractivity contribution in [2.45, 2.75) is 6.42 Å². The van der Waals surface area contributed by atoms with E-state index in [9.17, 15) is 10.1 Å². The molecule has 1 aromatic rings. The van der Waals surface area contributed by atoms with Crippen molar-refractivity contribution >= 4 is 11.4 Å². The fourth-order valence-electron chi connectivity index (χ4n) is 1.58. The molecule has 0 amide bonds. The fraction of sp³-hybridized carbons (Fsp3) is 0.538. The topological polar surface area (TPSA) is 82.9 Å². The third-order valence-corrected chi connectivity index (χ3v) is 2.61. The molecule has 0 aliphatic carbocycles. The Morgan fingerprint density at radius 1 is 1.25 bits per heavy atom. The molecular weight excluding hydrogens is 264 g/mol. The number of nitrogens with zero attached hydrogens (tertiary/aromatic N) is 1. The Labute approximate surface area is 118 Å². The van der Waals surface area contributed by atoms with E-state index in [1.165, 1.54) is 13.2 Å². The fourth-order valence-corrected chi connectivity index (χ4v) is 1.58. The molecule has 112 valence electrons. The van der Waals surface area contributed by atoms with Crippen molar-refractivity contribution in [1.82, 2.24) is 0 Å². The minimum atomic E-state index is -0.431. The second-order valence-electron chi connectivity index (χ2n) is 4.03. The van der Waals surface area contributed by atoms with E-state index in [2.05, 4.69) is 5.32 Å². The molecule has 20 heavy (non-hydrogen) atoms. The minimum absolute atomic E-state index is 0.00431. The SMILES string of the molecule is COCCOCCCNc1ccc(OC)cc1[N+](=O)[O-]. The van der Waals surface area contributed by atoms with Gasteiger partial charge in [-0.3, -0.25) is 10.1 Å². The van der Waals surface area contributed by atoms with Crippen LogP contribution in [0.2, 0.25) is 0 Å². The lowest BCUT2D eigenvalue weighted by atomic mass is 10.2. The summed E-state index contributed by atoms with van der Waals surface area (Å²) in [5.74, 6) is 0.463. The zero-order valence-electron chi connectivity index (χ0n) is 11.8. The van der Waals surface area contributed by atoms with E-state index in [1.807, 2.05) is 0 Å². The summed E-state index contributed by atoms with van der Waals surface area (Å²) in [5, 5.41) is 14.0. The highest BCUT2D eigenvalue weighted by Crippen LogP contribution is 2.28. The van der Waals surface area contributed by atoms with Gasteiger partial charge in [-0.05, 0) is 18.6 Å². The first-order valence-electron chi connectivity index (χ1n) is 6.32. The Balaban J connectivity index is 2.41. The predicted octanol–water partition coefficient (Wildman–Crippen LogP) is 2.07. The summed E-state index contributed by atoms with van der Waals surface area (Å²) >= 11 is 0. The lowest BCUT2D eigenvalue weighted by molar-refractivity contribution is -0.384. The number of nitro benzene ring substituents is 1. The van der Waals surface area contributed by atoms with Crippen LogP contribution in [0.4, 0.5) is 11.4 Å². The lowest BCUT2D eigenvalue weighted by Crippen LogP contribution is -2.09. The Morgan fingerprint density at radius 2 is 2.05 bits per heavy atom. The van der Waals surface area contributed by atoms with E-state index < -0.39 is 4.92 Å². The smallest absolute Gasteiger partial charge is 0.296 e. The van der Waals surface area contributed by atoms with Crippen molar-refractivity contribution in [3.05, 3.63) is 28.3 Å².